The van der Waals surface area contributed by atoms with Crippen molar-refractivity contribution in [2.75, 3.05) is 5.73 Å². The Morgan fingerprint density at radius 2 is 1.87 bits per heavy atom. The first-order valence-electron chi connectivity index (χ1n) is 10.0. The van der Waals surface area contributed by atoms with E-state index in [1.165, 1.54) is 0 Å². The molecule has 9 nitrogen and oxygen atoms in total. The summed E-state index contributed by atoms with van der Waals surface area (Å²) in [6.07, 6.45) is 10.7. The Balaban J connectivity index is 1.55. The van der Waals surface area contributed by atoms with E-state index in [4.69, 9.17) is 5.73 Å². The number of hydrogen-bond donors (Lipinski definition) is 2. The Kier molecular flexibility index (Phi) is 5.78. The van der Waals surface area contributed by atoms with Gasteiger partial charge in [-0.3, -0.25) is 0 Å². The monoisotopic (exact) mass is 427 g/mol. The lowest BCUT2D eigenvalue weighted by molar-refractivity contribution is 0.305. The van der Waals surface area contributed by atoms with Crippen LogP contribution in [0, 0.1) is 0 Å². The fourth-order valence-electron chi connectivity index (χ4n) is 4.01. The molecule has 1 fully saturated rings. The number of hydrogen-bond acceptors (Lipinski definition) is 7. The van der Waals surface area contributed by atoms with Crippen LogP contribution in [0.4, 0.5) is 5.95 Å². The van der Waals surface area contributed by atoms with E-state index in [-0.39, 0.29) is 18.0 Å². The second-order valence-corrected chi connectivity index (χ2v) is 9.24. The number of benzene rings is 1. The van der Waals surface area contributed by atoms with Gasteiger partial charge in [0.1, 0.15) is 12.7 Å². The summed E-state index contributed by atoms with van der Waals surface area (Å²) in [7, 11) is -3.64. The molecule has 1 saturated carbocycles. The molecular weight excluding hydrogens is 402 g/mol. The molecule has 10 heteroatoms. The zero-order valence-corrected chi connectivity index (χ0v) is 17.6. The van der Waals surface area contributed by atoms with E-state index in [2.05, 4.69) is 24.9 Å². The molecule has 0 bridgehead atoms. The summed E-state index contributed by atoms with van der Waals surface area (Å²) in [6.45, 7) is 1.94. The second-order valence-electron chi connectivity index (χ2n) is 7.55. The van der Waals surface area contributed by atoms with Gasteiger partial charge >= 0.3 is 0 Å². The minimum Gasteiger partial charge on any atom is -0.368 e. The predicted octanol–water partition coefficient (Wildman–Crippen LogP) is 2.34. The van der Waals surface area contributed by atoms with Crippen LogP contribution in [0.3, 0.4) is 0 Å². The van der Waals surface area contributed by atoms with Gasteiger partial charge in [-0.05, 0) is 55.4 Å². The molecule has 0 amide bonds. The first kappa shape index (κ1) is 20.4. The highest BCUT2D eigenvalue weighted by Gasteiger charge is 2.28. The molecule has 0 aliphatic heterocycles. The number of nitrogens with two attached hydrogens (primary N) is 1. The number of aryl methyl sites for hydroxylation is 1. The van der Waals surface area contributed by atoms with Crippen molar-refractivity contribution in [1.82, 2.24) is 29.5 Å². The van der Waals surface area contributed by atoms with E-state index in [1.54, 1.807) is 37.2 Å². The summed E-state index contributed by atoms with van der Waals surface area (Å²) in [5, 5.41) is 7.73. The molecule has 1 aromatic carbocycles. The molecule has 1 aliphatic carbocycles. The van der Waals surface area contributed by atoms with Gasteiger partial charge in [-0.25, -0.2) is 23.1 Å². The first-order valence-corrected chi connectivity index (χ1v) is 11.5. The molecule has 0 radical (unpaired) electrons. The quantitative estimate of drug-likeness (QED) is 0.618. The van der Waals surface area contributed by atoms with Crippen molar-refractivity contribution >= 4 is 16.0 Å². The van der Waals surface area contributed by atoms with Gasteiger partial charge in [0.25, 0.3) is 0 Å². The number of nitrogen functional groups attached to an aromatic ring is 1. The number of nitrogens with one attached hydrogen (secondary N) is 1. The number of nitrogens with zero attached hydrogens (tertiary/aromatic N) is 5. The molecule has 3 aromatic rings. The molecule has 158 valence electrons. The Bertz CT molecular complexity index is 1100. The van der Waals surface area contributed by atoms with Crippen molar-refractivity contribution in [1.29, 1.82) is 0 Å². The minimum absolute atomic E-state index is 0.119. The SMILES string of the molecule is CCc1cc(-c2cnc(N)nc2)ccc1S(=O)(=O)N[C@H]1CCC[C@@H](n2cnnc2)C1. The van der Waals surface area contributed by atoms with Gasteiger partial charge in [0, 0.05) is 30.0 Å². The molecule has 2 atom stereocenters. The minimum atomic E-state index is -3.64. The van der Waals surface area contributed by atoms with Crippen molar-refractivity contribution in [2.24, 2.45) is 0 Å². The van der Waals surface area contributed by atoms with Crippen LogP contribution in [0.5, 0.6) is 0 Å². The molecule has 1 aliphatic rings. The normalized spacial score (nSPS) is 19.6. The van der Waals surface area contributed by atoms with Crippen LogP contribution in [0.2, 0.25) is 0 Å². The highest BCUT2D eigenvalue weighted by Crippen LogP contribution is 2.30. The zero-order chi connectivity index (χ0) is 21.1. The Hall–Kier alpha value is -2.85. The lowest BCUT2D eigenvalue weighted by Crippen LogP contribution is -2.39. The highest BCUT2D eigenvalue weighted by atomic mass is 32.2. The van der Waals surface area contributed by atoms with E-state index < -0.39 is 10.0 Å². The third-order valence-corrected chi connectivity index (χ3v) is 7.18. The van der Waals surface area contributed by atoms with E-state index >= 15 is 0 Å². The van der Waals surface area contributed by atoms with Crippen molar-refractivity contribution in [2.45, 2.75) is 56.0 Å². The average Bonchev–Trinajstić information content (AvgIpc) is 3.29. The fourth-order valence-corrected chi connectivity index (χ4v) is 5.58. The molecular formula is C20H25N7O2S. The molecule has 0 saturated heterocycles. The number of anilines is 1. The maximum absolute atomic E-state index is 13.2. The van der Waals surface area contributed by atoms with Crippen molar-refractivity contribution in [3.05, 3.63) is 48.8 Å². The third-order valence-electron chi connectivity index (χ3n) is 5.56. The fraction of sp³-hybridized carbons (Fsp3) is 0.400. The van der Waals surface area contributed by atoms with Gasteiger partial charge in [-0.2, -0.15) is 0 Å². The van der Waals surface area contributed by atoms with Crippen molar-refractivity contribution < 1.29 is 8.42 Å². The Morgan fingerprint density at radius 1 is 1.13 bits per heavy atom. The average molecular weight is 428 g/mol. The van der Waals surface area contributed by atoms with Gasteiger partial charge in [0.2, 0.25) is 16.0 Å². The lowest BCUT2D eigenvalue weighted by Gasteiger charge is -2.30. The predicted molar refractivity (Wildman–Crippen MR) is 113 cm³/mol. The highest BCUT2D eigenvalue weighted by molar-refractivity contribution is 7.89. The standard InChI is InChI=1S/C20H25N7O2S/c1-2-14-8-15(16-10-22-20(21)23-11-16)6-7-19(14)30(28,29)26-17-4-3-5-18(9-17)27-12-24-25-13-27/h6-8,10-13,17-18,26H,2-5,9H2,1H3,(H2,21,22,23)/t17-,18+/m0/s1. The zero-order valence-electron chi connectivity index (χ0n) is 16.8. The largest absolute Gasteiger partial charge is 0.368 e. The van der Waals surface area contributed by atoms with E-state index in [9.17, 15) is 8.42 Å². The van der Waals surface area contributed by atoms with Crippen LogP contribution < -0.4 is 10.5 Å². The Morgan fingerprint density at radius 3 is 2.57 bits per heavy atom. The maximum atomic E-state index is 13.2. The summed E-state index contributed by atoms with van der Waals surface area (Å²) in [5.74, 6) is 0.204. The van der Waals surface area contributed by atoms with Crippen molar-refractivity contribution in [3.8, 4) is 11.1 Å². The van der Waals surface area contributed by atoms with Crippen LogP contribution in [0.1, 0.15) is 44.2 Å². The van der Waals surface area contributed by atoms with Gasteiger partial charge in [-0.1, -0.05) is 13.0 Å². The van der Waals surface area contributed by atoms with Crippen LogP contribution in [0.25, 0.3) is 11.1 Å². The van der Waals surface area contributed by atoms with Gasteiger partial charge in [0.15, 0.2) is 0 Å². The lowest BCUT2D eigenvalue weighted by atomic mass is 9.91. The van der Waals surface area contributed by atoms with Gasteiger partial charge in [0.05, 0.1) is 4.90 Å². The number of sulfonamides is 1. The molecule has 2 aromatic heterocycles. The molecule has 30 heavy (non-hydrogen) atoms. The summed E-state index contributed by atoms with van der Waals surface area (Å²) in [4.78, 5) is 8.34. The first-order chi connectivity index (χ1) is 14.5. The Labute approximate surface area is 175 Å². The van der Waals surface area contributed by atoms with E-state index in [0.29, 0.717) is 11.3 Å². The van der Waals surface area contributed by atoms with Crippen molar-refractivity contribution in [3.63, 3.8) is 0 Å². The van der Waals surface area contributed by atoms with Gasteiger partial charge < -0.3 is 10.3 Å². The van der Waals surface area contributed by atoms with Gasteiger partial charge in [-0.15, -0.1) is 10.2 Å². The van der Waals surface area contributed by atoms with Crippen LogP contribution in [-0.2, 0) is 16.4 Å². The summed E-state index contributed by atoms with van der Waals surface area (Å²) in [5.41, 5.74) is 7.96. The smallest absolute Gasteiger partial charge is 0.241 e. The maximum Gasteiger partial charge on any atom is 0.241 e. The summed E-state index contributed by atoms with van der Waals surface area (Å²) >= 11 is 0. The molecule has 2 heterocycles. The molecule has 4 rings (SSSR count). The molecule has 0 spiro atoms. The van der Waals surface area contributed by atoms with E-state index in [1.807, 2.05) is 17.6 Å². The number of aromatic nitrogens is 5. The molecule has 0 unspecified atom stereocenters. The summed E-state index contributed by atoms with van der Waals surface area (Å²) in [6, 6.07) is 5.41. The van der Waals surface area contributed by atoms with Crippen LogP contribution in [0.15, 0.2) is 48.1 Å². The summed E-state index contributed by atoms with van der Waals surface area (Å²) < 4.78 is 31.2. The van der Waals surface area contributed by atoms with E-state index in [0.717, 1.165) is 42.4 Å². The van der Waals surface area contributed by atoms with Crippen LogP contribution >= 0.6 is 0 Å². The van der Waals surface area contributed by atoms with Crippen LogP contribution in [-0.4, -0.2) is 39.2 Å². The second kappa shape index (κ2) is 8.49. The third kappa shape index (κ3) is 4.34. The topological polar surface area (TPSA) is 129 Å². The molecule has 3 N–H and O–H groups in total. The number of rotatable bonds is 6.